The smallest absolute Gasteiger partial charge is 0.225 e. The minimum Gasteiger partial charge on any atom is -0.341 e. The molecule has 0 aromatic carbocycles. The van der Waals surface area contributed by atoms with E-state index in [1.807, 2.05) is 13.1 Å². The van der Waals surface area contributed by atoms with Crippen LogP contribution in [0.25, 0.3) is 0 Å². The fourth-order valence-corrected chi connectivity index (χ4v) is 1.90. The first-order valence-corrected chi connectivity index (χ1v) is 5.70. The molecule has 0 bridgehead atoms. The standard InChI is InChI=1S/C10H14BrN3/c1-7-3-4-14(6-7)10-12-5-9(11)8(2)13-10/h5,7H,3-4,6H2,1-2H3. The summed E-state index contributed by atoms with van der Waals surface area (Å²) in [6, 6.07) is 0. The van der Waals surface area contributed by atoms with Crippen LogP contribution in [0.5, 0.6) is 0 Å². The third kappa shape index (κ3) is 1.90. The highest BCUT2D eigenvalue weighted by Gasteiger charge is 2.20. The maximum absolute atomic E-state index is 4.46. The SMILES string of the molecule is Cc1nc(N2CCC(C)C2)ncc1Br. The van der Waals surface area contributed by atoms with E-state index in [2.05, 4.69) is 37.7 Å². The van der Waals surface area contributed by atoms with Crippen molar-refractivity contribution >= 4 is 21.9 Å². The van der Waals surface area contributed by atoms with Crippen LogP contribution < -0.4 is 4.90 Å². The molecule has 14 heavy (non-hydrogen) atoms. The van der Waals surface area contributed by atoms with Gasteiger partial charge in [-0.15, -0.1) is 0 Å². The molecule has 0 spiro atoms. The van der Waals surface area contributed by atoms with Gasteiger partial charge in [-0.3, -0.25) is 0 Å². The molecule has 2 rings (SSSR count). The molecule has 76 valence electrons. The molecular formula is C10H14BrN3. The van der Waals surface area contributed by atoms with Crippen molar-refractivity contribution in [2.75, 3.05) is 18.0 Å². The molecule has 3 nitrogen and oxygen atoms in total. The van der Waals surface area contributed by atoms with Gasteiger partial charge in [-0.05, 0) is 35.2 Å². The van der Waals surface area contributed by atoms with Crippen LogP contribution in [-0.4, -0.2) is 23.1 Å². The van der Waals surface area contributed by atoms with E-state index in [-0.39, 0.29) is 0 Å². The lowest BCUT2D eigenvalue weighted by molar-refractivity contribution is 0.658. The van der Waals surface area contributed by atoms with Crippen LogP contribution in [-0.2, 0) is 0 Å². The second-order valence-electron chi connectivity index (χ2n) is 3.94. The monoisotopic (exact) mass is 255 g/mol. The van der Waals surface area contributed by atoms with Gasteiger partial charge in [-0.2, -0.15) is 0 Å². The van der Waals surface area contributed by atoms with Crippen LogP contribution in [0.3, 0.4) is 0 Å². The Hall–Kier alpha value is -0.640. The van der Waals surface area contributed by atoms with E-state index in [0.29, 0.717) is 0 Å². The normalized spacial score (nSPS) is 21.6. The summed E-state index contributed by atoms with van der Waals surface area (Å²) < 4.78 is 0.980. The van der Waals surface area contributed by atoms with E-state index in [4.69, 9.17) is 0 Å². The van der Waals surface area contributed by atoms with Gasteiger partial charge in [-0.25, -0.2) is 9.97 Å². The first kappa shape index (κ1) is 9.90. The number of aromatic nitrogens is 2. The van der Waals surface area contributed by atoms with Crippen LogP contribution in [0.15, 0.2) is 10.7 Å². The second-order valence-corrected chi connectivity index (χ2v) is 4.80. The van der Waals surface area contributed by atoms with Crippen molar-refractivity contribution in [1.29, 1.82) is 0 Å². The molecule has 1 fully saturated rings. The predicted molar refractivity (Wildman–Crippen MR) is 60.5 cm³/mol. The molecule has 1 aliphatic heterocycles. The van der Waals surface area contributed by atoms with Crippen molar-refractivity contribution in [3.05, 3.63) is 16.4 Å². The molecule has 4 heteroatoms. The van der Waals surface area contributed by atoms with Gasteiger partial charge in [0.05, 0.1) is 10.2 Å². The first-order valence-electron chi connectivity index (χ1n) is 4.91. The van der Waals surface area contributed by atoms with Gasteiger partial charge >= 0.3 is 0 Å². The van der Waals surface area contributed by atoms with E-state index in [0.717, 1.165) is 35.1 Å². The van der Waals surface area contributed by atoms with E-state index < -0.39 is 0 Å². The van der Waals surface area contributed by atoms with Gasteiger partial charge in [-0.1, -0.05) is 6.92 Å². The topological polar surface area (TPSA) is 29.0 Å². The highest BCUT2D eigenvalue weighted by Crippen LogP contribution is 2.22. The molecule has 0 amide bonds. The Kier molecular flexibility index (Phi) is 2.72. The third-order valence-electron chi connectivity index (χ3n) is 2.61. The van der Waals surface area contributed by atoms with E-state index in [9.17, 15) is 0 Å². The molecule has 1 atom stereocenters. The average Bonchev–Trinajstić information content (AvgIpc) is 2.57. The minimum atomic E-state index is 0.766. The van der Waals surface area contributed by atoms with E-state index >= 15 is 0 Å². The molecule has 0 aliphatic carbocycles. The van der Waals surface area contributed by atoms with Crippen molar-refractivity contribution in [2.45, 2.75) is 20.3 Å². The fourth-order valence-electron chi connectivity index (χ4n) is 1.71. The molecule has 0 radical (unpaired) electrons. The second kappa shape index (κ2) is 3.85. The zero-order chi connectivity index (χ0) is 10.1. The summed E-state index contributed by atoms with van der Waals surface area (Å²) in [6.07, 6.45) is 3.08. The number of hydrogen-bond donors (Lipinski definition) is 0. The van der Waals surface area contributed by atoms with Crippen LogP contribution in [0.4, 0.5) is 5.95 Å². The van der Waals surface area contributed by atoms with Gasteiger partial charge in [0.2, 0.25) is 5.95 Å². The number of hydrogen-bond acceptors (Lipinski definition) is 3. The maximum atomic E-state index is 4.46. The minimum absolute atomic E-state index is 0.766. The van der Waals surface area contributed by atoms with Crippen LogP contribution in [0.2, 0.25) is 0 Å². The highest BCUT2D eigenvalue weighted by molar-refractivity contribution is 9.10. The zero-order valence-corrected chi connectivity index (χ0v) is 10.1. The summed E-state index contributed by atoms with van der Waals surface area (Å²) in [5.41, 5.74) is 1.01. The van der Waals surface area contributed by atoms with Gasteiger partial charge in [0.1, 0.15) is 0 Å². The Balaban J connectivity index is 2.20. The molecule has 0 N–H and O–H groups in total. The Morgan fingerprint density at radius 3 is 2.93 bits per heavy atom. The Morgan fingerprint density at radius 2 is 2.36 bits per heavy atom. The summed E-state index contributed by atoms with van der Waals surface area (Å²) in [4.78, 5) is 11.0. The molecule has 0 saturated carbocycles. The zero-order valence-electron chi connectivity index (χ0n) is 8.50. The van der Waals surface area contributed by atoms with Crippen molar-refractivity contribution in [2.24, 2.45) is 5.92 Å². The van der Waals surface area contributed by atoms with Crippen molar-refractivity contribution in [1.82, 2.24) is 9.97 Å². The number of anilines is 1. The first-order chi connectivity index (χ1) is 6.66. The van der Waals surface area contributed by atoms with Crippen molar-refractivity contribution < 1.29 is 0 Å². The summed E-state index contributed by atoms with van der Waals surface area (Å²) >= 11 is 3.41. The quantitative estimate of drug-likeness (QED) is 0.772. The van der Waals surface area contributed by atoms with Gasteiger partial charge < -0.3 is 4.90 Å². The fraction of sp³-hybridized carbons (Fsp3) is 0.600. The van der Waals surface area contributed by atoms with E-state index in [1.54, 1.807) is 0 Å². The number of nitrogens with zero attached hydrogens (tertiary/aromatic N) is 3. The Labute approximate surface area is 92.7 Å². The summed E-state index contributed by atoms with van der Waals surface area (Å²) in [7, 11) is 0. The highest BCUT2D eigenvalue weighted by atomic mass is 79.9. The molecule has 1 aromatic heterocycles. The summed E-state index contributed by atoms with van der Waals surface area (Å²) in [5.74, 6) is 1.64. The van der Waals surface area contributed by atoms with Crippen molar-refractivity contribution in [3.8, 4) is 0 Å². The maximum Gasteiger partial charge on any atom is 0.225 e. The summed E-state index contributed by atoms with van der Waals surface area (Å²) in [5, 5.41) is 0. The van der Waals surface area contributed by atoms with Crippen LogP contribution in [0, 0.1) is 12.8 Å². The lowest BCUT2D eigenvalue weighted by atomic mass is 10.2. The molecule has 1 aromatic rings. The molecule has 1 aliphatic rings. The summed E-state index contributed by atoms with van der Waals surface area (Å²) in [6.45, 7) is 6.43. The number of rotatable bonds is 1. The average molecular weight is 256 g/mol. The van der Waals surface area contributed by atoms with Crippen LogP contribution >= 0.6 is 15.9 Å². The molecule has 1 saturated heterocycles. The van der Waals surface area contributed by atoms with Gasteiger partial charge in [0.15, 0.2) is 0 Å². The Morgan fingerprint density at radius 1 is 1.57 bits per heavy atom. The third-order valence-corrected chi connectivity index (χ3v) is 3.39. The van der Waals surface area contributed by atoms with Crippen LogP contribution in [0.1, 0.15) is 19.0 Å². The van der Waals surface area contributed by atoms with Gasteiger partial charge in [0.25, 0.3) is 0 Å². The Bertz CT molecular complexity index is 340. The number of aryl methyl sites for hydroxylation is 1. The van der Waals surface area contributed by atoms with E-state index in [1.165, 1.54) is 6.42 Å². The molecule has 1 unspecified atom stereocenters. The number of halogens is 1. The lowest BCUT2D eigenvalue weighted by Crippen LogP contribution is -2.21. The molecular weight excluding hydrogens is 242 g/mol. The molecule has 2 heterocycles. The lowest BCUT2D eigenvalue weighted by Gasteiger charge is -2.15. The van der Waals surface area contributed by atoms with Crippen molar-refractivity contribution in [3.63, 3.8) is 0 Å². The van der Waals surface area contributed by atoms with Gasteiger partial charge in [0, 0.05) is 19.3 Å². The predicted octanol–water partition coefficient (Wildman–Crippen LogP) is 2.39. The largest absolute Gasteiger partial charge is 0.341 e.